The van der Waals surface area contributed by atoms with E-state index in [0.29, 0.717) is 24.0 Å². The van der Waals surface area contributed by atoms with E-state index in [1.165, 1.54) is 18.9 Å². The molecular weight excluding hydrogens is 653 g/mol. The first kappa shape index (κ1) is 41.5. The lowest BCUT2D eigenvalue weighted by Gasteiger charge is -2.46. The van der Waals surface area contributed by atoms with E-state index >= 15 is 0 Å². The molecule has 4 fully saturated rings. The van der Waals surface area contributed by atoms with E-state index in [4.69, 9.17) is 13.6 Å². The molecule has 7 atom stereocenters. The normalized spacial score (nSPS) is 31.8. The van der Waals surface area contributed by atoms with Crippen molar-refractivity contribution < 1.29 is 23.2 Å². The van der Waals surface area contributed by atoms with Gasteiger partial charge in [-0.05, 0) is 128 Å². The largest absolute Gasteiger partial charge is 0.462 e. The molecule has 7 heteroatoms. The summed E-state index contributed by atoms with van der Waals surface area (Å²) in [7, 11) is -4.01. The van der Waals surface area contributed by atoms with Gasteiger partial charge in [-0.3, -0.25) is 9.59 Å². The summed E-state index contributed by atoms with van der Waals surface area (Å²) in [5.41, 5.74) is 3.92. The van der Waals surface area contributed by atoms with Crippen LogP contribution in [0.4, 0.5) is 0 Å². The van der Waals surface area contributed by atoms with Crippen molar-refractivity contribution in [1.29, 1.82) is 0 Å². The van der Waals surface area contributed by atoms with E-state index in [0.717, 1.165) is 63.4 Å². The second-order valence-electron chi connectivity index (χ2n) is 20.1. The van der Waals surface area contributed by atoms with E-state index in [1.54, 1.807) is 5.57 Å². The number of ketones is 1. The zero-order valence-electron chi connectivity index (χ0n) is 34.6. The van der Waals surface area contributed by atoms with Gasteiger partial charge in [-0.15, -0.1) is 0 Å². The van der Waals surface area contributed by atoms with Crippen LogP contribution in [0.1, 0.15) is 140 Å². The summed E-state index contributed by atoms with van der Waals surface area (Å²) in [6.07, 6.45) is 15.3. The van der Waals surface area contributed by atoms with Gasteiger partial charge in [0.25, 0.3) is 0 Å². The Bertz CT molecular complexity index is 1340. The number of hydrogen-bond acceptors (Lipinski definition) is 5. The maximum atomic E-state index is 13.4. The van der Waals surface area contributed by atoms with Crippen LogP contribution in [0.15, 0.2) is 35.5 Å². The molecule has 0 spiro atoms. The van der Waals surface area contributed by atoms with Crippen LogP contribution in [0.3, 0.4) is 0 Å². The molecule has 0 amide bonds. The van der Waals surface area contributed by atoms with Gasteiger partial charge in [-0.2, -0.15) is 0 Å². The van der Waals surface area contributed by atoms with Crippen LogP contribution in [0.2, 0.25) is 36.3 Å². The molecule has 0 heterocycles. The molecule has 284 valence electrons. The summed E-state index contributed by atoms with van der Waals surface area (Å²) in [6, 6.07) is 0. The van der Waals surface area contributed by atoms with E-state index < -0.39 is 16.6 Å². The highest BCUT2D eigenvalue weighted by atomic mass is 28.4. The lowest BCUT2D eigenvalue weighted by atomic mass is 9.60. The third-order valence-electron chi connectivity index (χ3n) is 14.8. The smallest absolute Gasteiger partial charge is 0.302 e. The molecule has 4 aliphatic rings. The van der Waals surface area contributed by atoms with Crippen molar-refractivity contribution in [3.05, 3.63) is 35.5 Å². The minimum Gasteiger partial charge on any atom is -0.462 e. The molecule has 0 aliphatic heterocycles. The molecule has 0 bridgehead atoms. The fraction of sp³-hybridized carbons (Fsp3) is 0.814. The van der Waals surface area contributed by atoms with Crippen molar-refractivity contribution in [3.8, 4) is 0 Å². The van der Waals surface area contributed by atoms with Crippen LogP contribution in [-0.2, 0) is 23.2 Å². The molecule has 0 N–H and O–H groups in total. The highest BCUT2D eigenvalue weighted by Crippen LogP contribution is 2.60. The average Bonchev–Trinajstić information content (AvgIpc) is 3.70. The lowest BCUT2D eigenvalue weighted by Crippen LogP contribution is -2.49. The summed E-state index contributed by atoms with van der Waals surface area (Å²) in [6.45, 7) is 36.4. The molecule has 5 nitrogen and oxygen atoms in total. The number of allylic oxidation sites excluding steroid dienone is 3. The van der Waals surface area contributed by atoms with Crippen LogP contribution in [0.25, 0.3) is 0 Å². The first-order valence-corrected chi connectivity index (χ1v) is 25.8. The minimum absolute atomic E-state index is 0.0270. The summed E-state index contributed by atoms with van der Waals surface area (Å²) >= 11 is 0. The quantitative estimate of drug-likeness (QED) is 0.148. The second kappa shape index (κ2) is 14.9. The Kier molecular flexibility index (Phi) is 12.3. The molecule has 0 saturated heterocycles. The Morgan fingerprint density at radius 1 is 0.960 bits per heavy atom. The highest BCUT2D eigenvalue weighted by Gasteiger charge is 2.54. The summed E-state index contributed by atoms with van der Waals surface area (Å²) in [5, 5.41) is 0.259. The van der Waals surface area contributed by atoms with Crippen molar-refractivity contribution >= 4 is 28.4 Å². The number of fused-ring (bicyclic) bond motifs is 1. The molecule has 4 saturated carbocycles. The fourth-order valence-corrected chi connectivity index (χ4v) is 11.8. The maximum Gasteiger partial charge on any atom is 0.302 e. The van der Waals surface area contributed by atoms with Crippen LogP contribution in [0.5, 0.6) is 0 Å². The van der Waals surface area contributed by atoms with E-state index in [2.05, 4.69) is 107 Å². The number of hydrogen-bond donors (Lipinski definition) is 0. The molecule has 4 rings (SSSR count). The topological polar surface area (TPSA) is 61.8 Å². The first-order valence-electron chi connectivity index (χ1n) is 20.0. The van der Waals surface area contributed by atoms with Crippen molar-refractivity contribution in [3.63, 3.8) is 0 Å². The van der Waals surface area contributed by atoms with Gasteiger partial charge in [-0.1, -0.05) is 86.6 Å². The minimum atomic E-state index is -2.03. The fourth-order valence-electron chi connectivity index (χ4n) is 9.10. The molecule has 50 heavy (non-hydrogen) atoms. The van der Waals surface area contributed by atoms with Gasteiger partial charge in [0.05, 0.1) is 12.2 Å². The Morgan fingerprint density at radius 3 is 2.10 bits per heavy atom. The van der Waals surface area contributed by atoms with Crippen LogP contribution >= 0.6 is 0 Å². The molecule has 0 aromatic heterocycles. The zero-order valence-corrected chi connectivity index (χ0v) is 36.6. The molecule has 4 aliphatic carbocycles. The molecular formula is C43H74O5Si2. The SMILES string of the molecule is C=C1/C(=C\C=C2/CCC[C@]3(C)[C@@H]([C@H](C)C(CC(=O)C4(CC)CC4)OC(C)=O)CC[C@@H]23)CC(O[Si](C)(C)C(C)(C)C)CC1O[Si](C)(C)C(C)(C)C. The Balaban J connectivity index is 1.60. The van der Waals surface area contributed by atoms with E-state index in [1.807, 2.05) is 0 Å². The standard InChI is InChI=1S/C43H74O5Si2/c1-16-43(24-25-43)39(45)28-37(46-31(4)44)30(3)35-21-22-36-32(18-17-23-42(35,36)11)19-20-33-26-34(47-49(12,13)40(5,6)7)27-38(29(33)2)48-50(14,15)41(8,9)10/h19-20,30,34-38H,2,16-18,21-28H2,1,3-15H3/b32-19+,33-20-/t30-,34?,35+,36-,37?,38?,42+/m0/s1. The predicted octanol–water partition coefficient (Wildman–Crippen LogP) is 11.9. The summed E-state index contributed by atoms with van der Waals surface area (Å²) < 4.78 is 20.2. The number of carbonyl (C=O) groups is 2. The van der Waals surface area contributed by atoms with Crippen molar-refractivity contribution in [2.24, 2.45) is 28.6 Å². The third-order valence-corrected chi connectivity index (χ3v) is 23.8. The zero-order chi connectivity index (χ0) is 37.7. The predicted molar refractivity (Wildman–Crippen MR) is 213 cm³/mol. The summed E-state index contributed by atoms with van der Waals surface area (Å²) in [4.78, 5) is 25.7. The number of carbonyl (C=O) groups excluding carboxylic acids is 2. The number of Topliss-reactive ketones (excluding diaryl/α,β-unsaturated/α-hetero) is 1. The molecule has 0 aromatic carbocycles. The first-order chi connectivity index (χ1) is 22.9. The van der Waals surface area contributed by atoms with Gasteiger partial charge < -0.3 is 13.6 Å². The van der Waals surface area contributed by atoms with E-state index in [9.17, 15) is 9.59 Å². The maximum absolute atomic E-state index is 13.4. The number of ether oxygens (including phenoxy) is 1. The van der Waals surface area contributed by atoms with Crippen molar-refractivity contribution in [2.75, 3.05) is 0 Å². The van der Waals surface area contributed by atoms with Gasteiger partial charge in [0.1, 0.15) is 11.9 Å². The monoisotopic (exact) mass is 727 g/mol. The third kappa shape index (κ3) is 8.74. The molecule has 3 unspecified atom stereocenters. The van der Waals surface area contributed by atoms with Crippen LogP contribution < -0.4 is 0 Å². The van der Waals surface area contributed by atoms with Gasteiger partial charge in [0, 0.05) is 25.2 Å². The van der Waals surface area contributed by atoms with Gasteiger partial charge in [-0.25, -0.2) is 0 Å². The Labute approximate surface area is 309 Å². The van der Waals surface area contributed by atoms with Crippen LogP contribution in [0, 0.1) is 28.6 Å². The van der Waals surface area contributed by atoms with Gasteiger partial charge >= 0.3 is 5.97 Å². The van der Waals surface area contributed by atoms with Gasteiger partial charge in [0.15, 0.2) is 16.6 Å². The Hall–Kier alpha value is -1.29. The Morgan fingerprint density at radius 2 is 1.56 bits per heavy atom. The summed E-state index contributed by atoms with van der Waals surface area (Å²) in [5.74, 6) is 1.07. The molecule has 0 radical (unpaired) electrons. The number of esters is 1. The van der Waals surface area contributed by atoms with Crippen molar-refractivity contribution in [2.45, 2.75) is 194 Å². The van der Waals surface area contributed by atoms with E-state index in [-0.39, 0.29) is 51.1 Å². The second-order valence-corrected chi connectivity index (χ2v) is 29.6. The highest BCUT2D eigenvalue weighted by molar-refractivity contribution is 6.74. The number of rotatable bonds is 12. The lowest BCUT2D eigenvalue weighted by molar-refractivity contribution is -0.153. The van der Waals surface area contributed by atoms with Crippen molar-refractivity contribution in [1.82, 2.24) is 0 Å². The van der Waals surface area contributed by atoms with Gasteiger partial charge in [0.2, 0.25) is 0 Å². The average molecular weight is 727 g/mol. The van der Waals surface area contributed by atoms with Crippen LogP contribution in [-0.4, -0.2) is 46.7 Å². The molecule has 0 aromatic rings.